The molecule has 1 aromatic rings. The van der Waals surface area contributed by atoms with Crippen molar-refractivity contribution in [1.82, 2.24) is 11.1 Å². The van der Waals surface area contributed by atoms with Gasteiger partial charge in [0.05, 0.1) is 0 Å². The van der Waals surface area contributed by atoms with Crippen molar-refractivity contribution in [2.45, 2.75) is 13.8 Å². The van der Waals surface area contributed by atoms with Gasteiger partial charge in [0, 0.05) is 18.0 Å². The van der Waals surface area contributed by atoms with Crippen LogP contribution in [0.4, 0.5) is 0 Å². The van der Waals surface area contributed by atoms with Crippen LogP contribution in [-0.2, 0) is 0 Å². The molecule has 0 bridgehead atoms. The predicted molar refractivity (Wildman–Crippen MR) is 35.8 cm³/mol. The Morgan fingerprint density at radius 2 is 2.00 bits per heavy atom. The molecule has 0 atom stereocenters. The lowest BCUT2D eigenvalue weighted by Gasteiger charge is -1.92. The summed E-state index contributed by atoms with van der Waals surface area (Å²) in [6.45, 7) is 4.07. The van der Waals surface area contributed by atoms with Gasteiger partial charge in [-0.2, -0.15) is 0 Å². The minimum Gasteiger partial charge on any atom is -0.261 e. The lowest BCUT2D eigenvalue weighted by molar-refractivity contribution is 1.15. The summed E-state index contributed by atoms with van der Waals surface area (Å²) in [4.78, 5) is 4.08. The molecule has 0 aliphatic rings. The van der Waals surface area contributed by atoms with Gasteiger partial charge in [-0.3, -0.25) is 4.98 Å². The molecule has 1 rings (SSSR count). The van der Waals surface area contributed by atoms with Crippen LogP contribution in [0.5, 0.6) is 0 Å². The van der Waals surface area contributed by atoms with Crippen molar-refractivity contribution >= 4 is 0 Å². The van der Waals surface area contributed by atoms with E-state index in [1.54, 1.807) is 0 Å². The average molecular weight is 121 g/mol. The number of hydrogen-bond acceptors (Lipinski definition) is 1. The summed E-state index contributed by atoms with van der Waals surface area (Å²) < 4.78 is 0. The van der Waals surface area contributed by atoms with Crippen molar-refractivity contribution in [3.05, 3.63) is 29.6 Å². The minimum absolute atomic E-state index is 0. The number of hydrogen-bond donors (Lipinski definition) is 0. The maximum atomic E-state index is 4.08. The van der Waals surface area contributed by atoms with Gasteiger partial charge < -0.3 is 0 Å². The van der Waals surface area contributed by atoms with Crippen molar-refractivity contribution in [3.63, 3.8) is 0 Å². The SMILES string of the molecule is Cc1cccnc1C.[N]. The Kier molecular flexibility index (Phi) is 2.88. The van der Waals surface area contributed by atoms with Crippen LogP contribution >= 0.6 is 0 Å². The molecule has 0 spiro atoms. The van der Waals surface area contributed by atoms with Crippen molar-refractivity contribution in [2.75, 3.05) is 0 Å². The molecule has 0 saturated heterocycles. The summed E-state index contributed by atoms with van der Waals surface area (Å²) in [5, 5.41) is 0. The third-order valence-corrected chi connectivity index (χ3v) is 1.27. The van der Waals surface area contributed by atoms with E-state index in [9.17, 15) is 0 Å². The summed E-state index contributed by atoms with van der Waals surface area (Å²) in [6, 6.07) is 4.00. The highest BCUT2D eigenvalue weighted by Gasteiger charge is 1.85. The van der Waals surface area contributed by atoms with Crippen LogP contribution in [0.15, 0.2) is 18.3 Å². The number of aryl methyl sites for hydroxylation is 2. The maximum Gasteiger partial charge on any atom is 0.0401 e. The molecule has 0 saturated carbocycles. The van der Waals surface area contributed by atoms with E-state index in [1.165, 1.54) is 5.56 Å². The predicted octanol–water partition coefficient (Wildman–Crippen LogP) is 1.22. The van der Waals surface area contributed by atoms with Gasteiger partial charge in [-0.25, -0.2) is 0 Å². The fraction of sp³-hybridized carbons (Fsp3) is 0.286. The molecule has 1 aromatic heterocycles. The molecule has 0 aliphatic heterocycles. The van der Waals surface area contributed by atoms with Crippen molar-refractivity contribution in [1.29, 1.82) is 0 Å². The Morgan fingerprint density at radius 1 is 1.33 bits per heavy atom. The summed E-state index contributed by atoms with van der Waals surface area (Å²) in [7, 11) is 0. The molecule has 2 nitrogen and oxygen atoms in total. The van der Waals surface area contributed by atoms with E-state index in [2.05, 4.69) is 18.0 Å². The molecular formula is C7H9N2. The van der Waals surface area contributed by atoms with Crippen molar-refractivity contribution < 1.29 is 0 Å². The summed E-state index contributed by atoms with van der Waals surface area (Å²) >= 11 is 0. The fourth-order valence-corrected chi connectivity index (χ4v) is 0.565. The third-order valence-electron chi connectivity index (χ3n) is 1.27. The van der Waals surface area contributed by atoms with Gasteiger partial charge in [0.25, 0.3) is 0 Å². The molecule has 9 heavy (non-hydrogen) atoms. The normalized spacial score (nSPS) is 8.22. The minimum atomic E-state index is 0. The first-order chi connectivity index (χ1) is 3.80. The second kappa shape index (κ2) is 3.20. The average Bonchev–Trinajstić information content (AvgIpc) is 1.77. The standard InChI is InChI=1S/C7H9N.N/c1-6-4-3-5-8-7(6)2;/h3-5H,1-2H3;. The van der Waals surface area contributed by atoms with Gasteiger partial charge >= 0.3 is 0 Å². The molecule has 0 amide bonds. The largest absolute Gasteiger partial charge is 0.261 e. The van der Waals surface area contributed by atoms with Crippen molar-refractivity contribution in [2.24, 2.45) is 0 Å². The first kappa shape index (κ1) is 8.11. The highest BCUT2D eigenvalue weighted by atomic mass is 14.6. The van der Waals surface area contributed by atoms with Crippen LogP contribution in [-0.4, -0.2) is 4.98 Å². The first-order valence-corrected chi connectivity index (χ1v) is 2.69. The summed E-state index contributed by atoms with van der Waals surface area (Å²) in [6.07, 6.45) is 1.81. The molecule has 0 N–H and O–H groups in total. The Bertz CT molecular complexity index is 163. The molecular weight excluding hydrogens is 112 g/mol. The lowest BCUT2D eigenvalue weighted by Crippen LogP contribution is -1.81. The molecule has 47 valence electrons. The van der Waals surface area contributed by atoms with Crippen molar-refractivity contribution in [3.8, 4) is 0 Å². The third kappa shape index (κ3) is 1.82. The Morgan fingerprint density at radius 3 is 2.33 bits per heavy atom. The lowest BCUT2D eigenvalue weighted by atomic mass is 10.2. The monoisotopic (exact) mass is 121 g/mol. The van der Waals surface area contributed by atoms with E-state index in [1.807, 2.05) is 19.2 Å². The highest BCUT2D eigenvalue weighted by Crippen LogP contribution is 1.98. The zero-order valence-electron chi connectivity index (χ0n) is 5.63. The summed E-state index contributed by atoms with van der Waals surface area (Å²) in [5.41, 5.74) is 2.38. The topological polar surface area (TPSA) is 43.4 Å². The van der Waals surface area contributed by atoms with Crippen LogP contribution in [0, 0.1) is 13.8 Å². The maximum absolute atomic E-state index is 4.08. The van der Waals surface area contributed by atoms with Crippen LogP contribution in [0.25, 0.3) is 0 Å². The van der Waals surface area contributed by atoms with Crippen LogP contribution in [0.1, 0.15) is 11.3 Å². The molecule has 0 aromatic carbocycles. The molecule has 2 heteroatoms. The molecule has 0 aliphatic carbocycles. The number of pyridine rings is 1. The first-order valence-electron chi connectivity index (χ1n) is 2.69. The quantitative estimate of drug-likeness (QED) is 0.509. The Labute approximate surface area is 55.5 Å². The molecule has 0 fully saturated rings. The molecule has 3 radical (unpaired) electrons. The van der Waals surface area contributed by atoms with Gasteiger partial charge in [0.2, 0.25) is 0 Å². The number of aromatic nitrogens is 1. The van der Waals surface area contributed by atoms with Gasteiger partial charge in [-0.1, -0.05) is 6.07 Å². The smallest absolute Gasteiger partial charge is 0.0401 e. The Balaban J connectivity index is 0.000000640. The van der Waals surface area contributed by atoms with E-state index in [4.69, 9.17) is 0 Å². The van der Waals surface area contributed by atoms with Gasteiger partial charge in [-0.05, 0) is 25.5 Å². The van der Waals surface area contributed by atoms with Gasteiger partial charge in [0.1, 0.15) is 0 Å². The zero-order chi connectivity index (χ0) is 5.98. The molecule has 1 heterocycles. The Hall–Kier alpha value is -0.890. The van der Waals surface area contributed by atoms with Gasteiger partial charge in [0.15, 0.2) is 0 Å². The second-order valence-corrected chi connectivity index (χ2v) is 1.91. The number of rotatable bonds is 0. The summed E-state index contributed by atoms with van der Waals surface area (Å²) in [5.74, 6) is 0. The fourth-order valence-electron chi connectivity index (χ4n) is 0.565. The number of nitrogens with zero attached hydrogens (tertiary/aromatic N) is 2. The van der Waals surface area contributed by atoms with E-state index < -0.39 is 0 Å². The van der Waals surface area contributed by atoms with E-state index in [0.717, 1.165) is 5.69 Å². The van der Waals surface area contributed by atoms with Crippen LogP contribution in [0.2, 0.25) is 0 Å². The van der Waals surface area contributed by atoms with Gasteiger partial charge in [-0.15, -0.1) is 0 Å². The van der Waals surface area contributed by atoms with E-state index in [0.29, 0.717) is 0 Å². The van der Waals surface area contributed by atoms with Crippen LogP contribution < -0.4 is 6.15 Å². The zero-order valence-corrected chi connectivity index (χ0v) is 5.63. The second-order valence-electron chi connectivity index (χ2n) is 1.91. The molecule has 0 unspecified atom stereocenters. The highest BCUT2D eigenvalue weighted by molar-refractivity contribution is 5.15. The van der Waals surface area contributed by atoms with E-state index in [-0.39, 0.29) is 6.15 Å². The van der Waals surface area contributed by atoms with Crippen LogP contribution in [0.3, 0.4) is 0 Å². The van der Waals surface area contributed by atoms with E-state index >= 15 is 0 Å².